The summed E-state index contributed by atoms with van der Waals surface area (Å²) in [6.45, 7) is 0. The molecule has 0 unspecified atom stereocenters. The first-order valence-corrected chi connectivity index (χ1v) is 4.82. The minimum absolute atomic E-state index is 0.751. The third-order valence-electron chi connectivity index (χ3n) is 2.05. The Hall–Kier alpha value is -1.28. The summed E-state index contributed by atoms with van der Waals surface area (Å²) in [5.74, 6) is 0. The fraction of sp³-hybridized carbons (Fsp3) is 0. The highest BCUT2D eigenvalue weighted by molar-refractivity contribution is 6.32. The highest BCUT2D eigenvalue weighted by Crippen LogP contribution is 2.18. The summed E-state index contributed by atoms with van der Waals surface area (Å²) in [5.41, 5.74) is 3.24. The van der Waals surface area contributed by atoms with Crippen molar-refractivity contribution in [3.05, 3.63) is 47.6 Å². The highest BCUT2D eigenvalue weighted by atomic mass is 35.5. The van der Waals surface area contributed by atoms with E-state index in [-0.39, 0.29) is 0 Å². The van der Waals surface area contributed by atoms with Crippen LogP contribution in [0.2, 0.25) is 5.02 Å². The van der Waals surface area contributed by atoms with Crippen LogP contribution in [0.3, 0.4) is 0 Å². The molecule has 1 aromatic carbocycles. The molecule has 0 aliphatic carbocycles. The second-order valence-electron chi connectivity index (χ2n) is 3.23. The maximum absolute atomic E-state index is 5.80. The first-order valence-electron chi connectivity index (χ1n) is 4.44. The summed E-state index contributed by atoms with van der Waals surface area (Å²) < 4.78 is 0. The van der Waals surface area contributed by atoms with Crippen molar-refractivity contribution in [1.29, 1.82) is 0 Å². The van der Waals surface area contributed by atoms with E-state index in [2.05, 4.69) is 11.1 Å². The van der Waals surface area contributed by atoms with Crippen LogP contribution in [0.4, 0.5) is 0 Å². The van der Waals surface area contributed by atoms with E-state index in [0.29, 0.717) is 0 Å². The maximum Gasteiger partial charge on any atom is 0.141 e. The van der Waals surface area contributed by atoms with Crippen LogP contribution >= 0.6 is 11.6 Å². The Morgan fingerprint density at radius 1 is 1.00 bits per heavy atom. The smallest absolute Gasteiger partial charge is 0.141 e. The van der Waals surface area contributed by atoms with Gasteiger partial charge in [-0.25, -0.2) is 0 Å². The second kappa shape index (κ2) is 3.85. The van der Waals surface area contributed by atoms with Crippen LogP contribution in [0.15, 0.2) is 42.6 Å². The van der Waals surface area contributed by atoms with Crippen molar-refractivity contribution in [2.24, 2.45) is 0 Å². The van der Waals surface area contributed by atoms with E-state index in [1.165, 1.54) is 5.46 Å². The molecule has 3 heteroatoms. The van der Waals surface area contributed by atoms with Crippen molar-refractivity contribution in [3.63, 3.8) is 0 Å². The Labute approximate surface area is 89.2 Å². The van der Waals surface area contributed by atoms with Gasteiger partial charge in [0.15, 0.2) is 0 Å². The van der Waals surface area contributed by atoms with Gasteiger partial charge in [-0.05, 0) is 18.2 Å². The lowest BCUT2D eigenvalue weighted by molar-refractivity contribution is 1.34. The van der Waals surface area contributed by atoms with Gasteiger partial charge in [-0.1, -0.05) is 35.3 Å². The minimum Gasteiger partial charge on any atom is -0.257 e. The van der Waals surface area contributed by atoms with Crippen molar-refractivity contribution in [2.75, 3.05) is 0 Å². The summed E-state index contributed by atoms with van der Waals surface area (Å²) >= 11 is 5.80. The average Bonchev–Trinajstić information content (AvgIpc) is 2.21. The highest BCUT2D eigenvalue weighted by Gasteiger charge is 1.97. The number of rotatable bonds is 1. The molecule has 1 aromatic heterocycles. The third-order valence-corrected chi connectivity index (χ3v) is 2.30. The molecule has 1 heterocycles. The topological polar surface area (TPSA) is 12.9 Å². The van der Waals surface area contributed by atoms with Gasteiger partial charge in [0.25, 0.3) is 0 Å². The van der Waals surface area contributed by atoms with E-state index in [1.807, 2.05) is 44.4 Å². The van der Waals surface area contributed by atoms with Crippen LogP contribution in [0.25, 0.3) is 11.3 Å². The van der Waals surface area contributed by atoms with E-state index >= 15 is 0 Å². The molecular weight excluding hydrogens is 192 g/mol. The van der Waals surface area contributed by atoms with Gasteiger partial charge in [0.2, 0.25) is 0 Å². The van der Waals surface area contributed by atoms with Crippen molar-refractivity contribution >= 4 is 24.9 Å². The number of hydrogen-bond acceptors (Lipinski definition) is 1. The van der Waals surface area contributed by atoms with E-state index in [1.54, 1.807) is 0 Å². The van der Waals surface area contributed by atoms with Gasteiger partial charge in [-0.2, -0.15) is 0 Å². The largest absolute Gasteiger partial charge is 0.257 e. The molecule has 0 fully saturated rings. The SMILES string of the molecule is Bc1ccc(-c2ccc(Cl)cc2)nc1. The van der Waals surface area contributed by atoms with Gasteiger partial charge in [0.1, 0.15) is 7.85 Å². The Balaban J connectivity index is 2.40. The predicted octanol–water partition coefficient (Wildman–Crippen LogP) is 1.66. The van der Waals surface area contributed by atoms with Crippen LogP contribution in [0.5, 0.6) is 0 Å². The van der Waals surface area contributed by atoms with E-state index in [4.69, 9.17) is 11.6 Å². The van der Waals surface area contributed by atoms with Crippen molar-refractivity contribution in [1.82, 2.24) is 4.98 Å². The molecular formula is C11H9BClN. The van der Waals surface area contributed by atoms with Crippen molar-refractivity contribution in [3.8, 4) is 11.3 Å². The molecule has 0 aliphatic rings. The molecule has 0 atom stereocenters. The molecule has 14 heavy (non-hydrogen) atoms. The van der Waals surface area contributed by atoms with Crippen LogP contribution < -0.4 is 5.46 Å². The summed E-state index contributed by atoms with van der Waals surface area (Å²) in [5, 5.41) is 0.751. The number of halogens is 1. The second-order valence-corrected chi connectivity index (χ2v) is 3.66. The predicted molar refractivity (Wildman–Crippen MR) is 62.9 cm³/mol. The molecule has 0 spiro atoms. The zero-order chi connectivity index (χ0) is 9.97. The lowest BCUT2D eigenvalue weighted by atomic mass is 9.98. The number of pyridine rings is 1. The number of nitrogens with zero attached hydrogens (tertiary/aromatic N) is 1. The maximum atomic E-state index is 5.80. The Bertz CT molecular complexity index is 379. The summed E-state index contributed by atoms with van der Waals surface area (Å²) in [6.07, 6.45) is 1.87. The summed E-state index contributed by atoms with van der Waals surface area (Å²) in [4.78, 5) is 4.34. The quantitative estimate of drug-likeness (QED) is 0.640. The molecule has 0 N–H and O–H groups in total. The minimum atomic E-state index is 0.751. The monoisotopic (exact) mass is 201 g/mol. The van der Waals surface area contributed by atoms with E-state index < -0.39 is 0 Å². The molecule has 1 nitrogen and oxygen atoms in total. The first kappa shape index (κ1) is 9.29. The van der Waals surface area contributed by atoms with E-state index in [0.717, 1.165) is 16.3 Å². The molecule has 0 radical (unpaired) electrons. The fourth-order valence-electron chi connectivity index (χ4n) is 1.26. The molecule has 2 aromatic rings. The number of aromatic nitrogens is 1. The fourth-order valence-corrected chi connectivity index (χ4v) is 1.39. The molecule has 68 valence electrons. The van der Waals surface area contributed by atoms with Crippen molar-refractivity contribution < 1.29 is 0 Å². The standard InChI is InChI=1S/C11H9BClN/c12-9-3-6-11(14-7-9)8-1-4-10(13)5-2-8/h1-7H,12H2. The van der Waals surface area contributed by atoms with Gasteiger partial charge in [-0.3, -0.25) is 4.98 Å². The molecule has 0 bridgehead atoms. The molecule has 0 aliphatic heterocycles. The van der Waals surface area contributed by atoms with Gasteiger partial charge in [0, 0.05) is 16.8 Å². The van der Waals surface area contributed by atoms with Gasteiger partial charge in [-0.15, -0.1) is 0 Å². The van der Waals surface area contributed by atoms with Crippen molar-refractivity contribution in [2.45, 2.75) is 0 Å². The average molecular weight is 201 g/mol. The lowest BCUT2D eigenvalue weighted by Gasteiger charge is -2.00. The number of benzene rings is 1. The summed E-state index contributed by atoms with van der Waals surface area (Å²) in [7, 11) is 2.03. The summed E-state index contributed by atoms with van der Waals surface area (Å²) in [6, 6.07) is 11.8. The van der Waals surface area contributed by atoms with Crippen LogP contribution in [0.1, 0.15) is 0 Å². The van der Waals surface area contributed by atoms with Crippen LogP contribution in [-0.2, 0) is 0 Å². The normalized spacial score (nSPS) is 10.1. The van der Waals surface area contributed by atoms with E-state index in [9.17, 15) is 0 Å². The third kappa shape index (κ3) is 1.96. The first-order chi connectivity index (χ1) is 6.75. The molecule has 0 amide bonds. The molecule has 0 saturated heterocycles. The molecule has 2 rings (SSSR count). The van der Waals surface area contributed by atoms with Gasteiger partial charge in [0.05, 0.1) is 5.69 Å². The lowest BCUT2D eigenvalue weighted by Crippen LogP contribution is -2.01. The van der Waals surface area contributed by atoms with Crippen LogP contribution in [-0.4, -0.2) is 12.8 Å². The Morgan fingerprint density at radius 2 is 1.71 bits per heavy atom. The molecule has 0 saturated carbocycles. The zero-order valence-corrected chi connectivity index (χ0v) is 8.62. The van der Waals surface area contributed by atoms with Crippen LogP contribution in [0, 0.1) is 0 Å². The zero-order valence-electron chi connectivity index (χ0n) is 7.87. The van der Waals surface area contributed by atoms with Gasteiger partial charge >= 0.3 is 0 Å². The Kier molecular flexibility index (Phi) is 2.55. The Morgan fingerprint density at radius 3 is 2.29 bits per heavy atom. The number of hydrogen-bond donors (Lipinski definition) is 0. The van der Waals surface area contributed by atoms with Gasteiger partial charge < -0.3 is 0 Å².